The van der Waals surface area contributed by atoms with Crippen LogP contribution in [0.25, 0.3) is 10.8 Å². The molecule has 0 spiro atoms. The number of phenols is 1. The van der Waals surface area contributed by atoms with Gasteiger partial charge in [-0.2, -0.15) is 33.7 Å². The molecule has 4 rings (SSSR count). The quantitative estimate of drug-likeness (QED) is 0.0731. The summed E-state index contributed by atoms with van der Waals surface area (Å²) in [5.74, 6) is -1.18. The zero-order valence-electron chi connectivity index (χ0n) is 22.7. The Morgan fingerprint density at radius 2 is 1.09 bits per heavy atom. The second kappa shape index (κ2) is 12.0. The van der Waals surface area contributed by atoms with Gasteiger partial charge in [0.05, 0.1) is 11.1 Å². The first-order valence-electron chi connectivity index (χ1n) is 11.9. The van der Waals surface area contributed by atoms with Gasteiger partial charge < -0.3 is 16.2 Å². The summed E-state index contributed by atoms with van der Waals surface area (Å²) >= 11 is 0. The van der Waals surface area contributed by atoms with E-state index in [1.807, 2.05) is 0 Å². The van der Waals surface area contributed by atoms with Gasteiger partial charge >= 0.3 is 0 Å². The number of azo groups is 2. The number of nitrogens with two attached hydrogens (primary N) is 1. The standard InChI is InChI=1S/C23H20N6O13S4/c1-25-12-6-7-16(44(34,35)36)14(10-12)27-29-22-18(46(40,41)42)9-11-8-17(45(37,38)39)21(20(24)19(11)23(22)30)28-26-13-4-2-3-5-15(13)43(31,32)33/h2-10,25,30H,24H2,1H3,(H,31,32,33)(H,34,35,36)(H,37,38,39)(H,40,41,42). The second-order valence-corrected chi connectivity index (χ2v) is 14.6. The maximum absolute atomic E-state index is 12.3. The third-order valence-electron chi connectivity index (χ3n) is 6.05. The predicted octanol–water partition coefficient (Wildman–Crippen LogP) is 3.99. The molecule has 244 valence electrons. The minimum atomic E-state index is -5.31. The molecule has 0 atom stereocenters. The SMILES string of the molecule is CNc1ccc(S(=O)(=O)O)c(N=Nc2c(S(=O)(=O)O)cc3cc(S(=O)(=O)O)c(N=Nc4ccccc4S(=O)(=O)O)c(N)c3c2O)c1. The smallest absolute Gasteiger partial charge is 0.296 e. The van der Waals surface area contributed by atoms with Crippen LogP contribution in [0, 0.1) is 0 Å². The summed E-state index contributed by atoms with van der Waals surface area (Å²) in [5.41, 5.74) is 2.55. The number of nitrogen functional groups attached to an aromatic ring is 1. The zero-order valence-corrected chi connectivity index (χ0v) is 26.0. The molecule has 23 heteroatoms. The lowest BCUT2D eigenvalue weighted by molar-refractivity contribution is 0.472. The molecule has 46 heavy (non-hydrogen) atoms. The van der Waals surface area contributed by atoms with Gasteiger partial charge in [-0.1, -0.05) is 12.1 Å². The monoisotopic (exact) mass is 716 g/mol. The summed E-state index contributed by atoms with van der Waals surface area (Å²) in [6.45, 7) is 0. The van der Waals surface area contributed by atoms with Crippen LogP contribution in [-0.2, 0) is 40.5 Å². The first-order chi connectivity index (χ1) is 21.1. The molecule has 4 aromatic rings. The summed E-state index contributed by atoms with van der Waals surface area (Å²) in [6, 6.07) is 8.96. The van der Waals surface area contributed by atoms with E-state index in [4.69, 9.17) is 5.73 Å². The molecule has 0 radical (unpaired) electrons. The largest absolute Gasteiger partial charge is 0.505 e. The average Bonchev–Trinajstić information content (AvgIpc) is 2.93. The van der Waals surface area contributed by atoms with Crippen molar-refractivity contribution >= 4 is 85.4 Å². The highest BCUT2D eigenvalue weighted by atomic mass is 32.2. The van der Waals surface area contributed by atoms with Crippen LogP contribution in [-0.4, -0.2) is 64.0 Å². The van der Waals surface area contributed by atoms with E-state index in [1.165, 1.54) is 25.2 Å². The van der Waals surface area contributed by atoms with Crippen LogP contribution in [0.2, 0.25) is 0 Å². The molecule has 4 aromatic carbocycles. The van der Waals surface area contributed by atoms with Crippen LogP contribution in [0.15, 0.2) is 94.6 Å². The van der Waals surface area contributed by atoms with E-state index in [9.17, 15) is 57.0 Å². The van der Waals surface area contributed by atoms with Gasteiger partial charge in [-0.25, -0.2) is 0 Å². The number of hydrogen-bond acceptors (Lipinski definition) is 15. The molecular weight excluding hydrogens is 697 g/mol. The molecule has 0 unspecified atom stereocenters. The first-order valence-corrected chi connectivity index (χ1v) is 17.7. The highest BCUT2D eigenvalue weighted by molar-refractivity contribution is 7.86. The lowest BCUT2D eigenvalue weighted by Gasteiger charge is -2.14. The summed E-state index contributed by atoms with van der Waals surface area (Å²) in [6.07, 6.45) is 0. The normalized spacial score (nSPS) is 13.2. The molecule has 0 amide bonds. The maximum atomic E-state index is 12.3. The summed E-state index contributed by atoms with van der Waals surface area (Å²) in [4.78, 5) is -3.82. The Morgan fingerprint density at radius 3 is 1.63 bits per heavy atom. The van der Waals surface area contributed by atoms with E-state index in [0.29, 0.717) is 12.1 Å². The van der Waals surface area contributed by atoms with Crippen molar-refractivity contribution in [3.05, 3.63) is 54.6 Å². The molecular formula is C23H20N6O13S4. The van der Waals surface area contributed by atoms with Crippen molar-refractivity contribution in [2.24, 2.45) is 20.5 Å². The van der Waals surface area contributed by atoms with E-state index in [1.54, 1.807) is 0 Å². The number of fused-ring (bicyclic) bond motifs is 1. The number of benzene rings is 4. The van der Waals surface area contributed by atoms with Crippen molar-refractivity contribution in [1.82, 2.24) is 0 Å². The van der Waals surface area contributed by atoms with Gasteiger partial charge in [-0.3, -0.25) is 18.2 Å². The van der Waals surface area contributed by atoms with Gasteiger partial charge in [0.2, 0.25) is 0 Å². The third kappa shape index (κ3) is 6.95. The minimum absolute atomic E-state index is 0.256. The molecule has 0 aliphatic rings. The molecule has 0 aliphatic heterocycles. The molecule has 0 bridgehead atoms. The highest BCUT2D eigenvalue weighted by Gasteiger charge is 2.28. The molecule has 0 aliphatic carbocycles. The number of hydrogen-bond donors (Lipinski definition) is 7. The van der Waals surface area contributed by atoms with E-state index in [-0.39, 0.29) is 5.69 Å². The number of nitrogens with one attached hydrogen (secondary N) is 1. The Balaban J connectivity index is 2.08. The van der Waals surface area contributed by atoms with Gasteiger partial charge in [0.15, 0.2) is 5.75 Å². The van der Waals surface area contributed by atoms with Crippen molar-refractivity contribution < 1.29 is 57.0 Å². The topological polar surface area (TPSA) is 325 Å². The van der Waals surface area contributed by atoms with Gasteiger partial charge in [0.1, 0.15) is 42.3 Å². The number of aromatic hydroxyl groups is 1. The van der Waals surface area contributed by atoms with Crippen molar-refractivity contribution in [2.75, 3.05) is 18.1 Å². The van der Waals surface area contributed by atoms with E-state index >= 15 is 0 Å². The van der Waals surface area contributed by atoms with Crippen LogP contribution >= 0.6 is 0 Å². The van der Waals surface area contributed by atoms with E-state index < -0.39 is 105 Å². The van der Waals surface area contributed by atoms with Gasteiger partial charge in [0, 0.05) is 12.7 Å². The fraction of sp³-hybridized carbons (Fsp3) is 0.0435. The summed E-state index contributed by atoms with van der Waals surface area (Å²) in [5, 5.41) is 27.1. The molecule has 19 nitrogen and oxygen atoms in total. The molecule has 0 saturated carbocycles. The van der Waals surface area contributed by atoms with Crippen molar-refractivity contribution in [2.45, 2.75) is 19.6 Å². The second-order valence-electron chi connectivity index (χ2n) is 9.01. The number of phenolic OH excluding ortho intramolecular Hbond substituents is 1. The Kier molecular flexibility index (Phi) is 8.90. The Labute approximate surface area is 260 Å². The lowest BCUT2D eigenvalue weighted by atomic mass is 10.1. The predicted molar refractivity (Wildman–Crippen MR) is 160 cm³/mol. The number of anilines is 2. The first kappa shape index (κ1) is 34.3. The Bertz CT molecular complexity index is 2430. The molecule has 0 heterocycles. The van der Waals surface area contributed by atoms with Crippen LogP contribution in [0.3, 0.4) is 0 Å². The Morgan fingerprint density at radius 1 is 0.609 bits per heavy atom. The molecule has 0 aromatic heterocycles. The zero-order chi connectivity index (χ0) is 34.4. The fourth-order valence-electron chi connectivity index (χ4n) is 4.04. The summed E-state index contributed by atoms with van der Waals surface area (Å²) in [7, 11) is -18.9. The third-order valence-corrected chi connectivity index (χ3v) is 9.59. The van der Waals surface area contributed by atoms with Crippen molar-refractivity contribution in [1.29, 1.82) is 0 Å². The highest BCUT2D eigenvalue weighted by Crippen LogP contribution is 2.48. The average molecular weight is 717 g/mol. The lowest BCUT2D eigenvalue weighted by Crippen LogP contribution is -2.04. The minimum Gasteiger partial charge on any atom is -0.505 e. The van der Waals surface area contributed by atoms with Gasteiger partial charge in [-0.05, 0) is 47.9 Å². The number of rotatable bonds is 9. The summed E-state index contributed by atoms with van der Waals surface area (Å²) < 4.78 is 135. The maximum Gasteiger partial charge on any atom is 0.296 e. The van der Waals surface area contributed by atoms with E-state index in [0.717, 1.165) is 24.3 Å². The van der Waals surface area contributed by atoms with Gasteiger partial charge in [0.25, 0.3) is 40.5 Å². The van der Waals surface area contributed by atoms with Crippen LogP contribution < -0.4 is 11.1 Å². The molecule has 0 fully saturated rings. The van der Waals surface area contributed by atoms with Crippen molar-refractivity contribution in [3.63, 3.8) is 0 Å². The van der Waals surface area contributed by atoms with Crippen LogP contribution in [0.5, 0.6) is 5.75 Å². The van der Waals surface area contributed by atoms with Gasteiger partial charge in [-0.15, -0.1) is 20.5 Å². The molecule has 8 N–H and O–H groups in total. The molecule has 0 saturated heterocycles. The fourth-order valence-corrected chi connectivity index (χ4v) is 6.60. The van der Waals surface area contributed by atoms with Crippen LogP contribution in [0.1, 0.15) is 0 Å². The number of nitrogens with zero attached hydrogens (tertiary/aromatic N) is 4. The Hall–Kier alpha value is -4.62. The van der Waals surface area contributed by atoms with E-state index in [2.05, 4.69) is 25.8 Å². The van der Waals surface area contributed by atoms with Crippen LogP contribution in [0.4, 0.5) is 34.1 Å². The van der Waals surface area contributed by atoms with Crippen molar-refractivity contribution in [3.8, 4) is 5.75 Å².